The van der Waals surface area contributed by atoms with Crippen molar-refractivity contribution in [3.05, 3.63) is 53.9 Å². The molecule has 1 aliphatic heterocycles. The number of aromatic nitrogens is 1. The molecule has 3 N–H and O–H groups in total. The van der Waals surface area contributed by atoms with Crippen molar-refractivity contribution in [2.24, 2.45) is 16.9 Å². The summed E-state index contributed by atoms with van der Waals surface area (Å²) < 4.78 is 39.9. The molecule has 0 amide bonds. The normalized spacial score (nSPS) is 20.1. The summed E-state index contributed by atoms with van der Waals surface area (Å²) in [6, 6.07) is 8.55. The van der Waals surface area contributed by atoms with Crippen LogP contribution in [0, 0.1) is 11.8 Å². The second-order valence-corrected chi connectivity index (χ2v) is 7.10. The van der Waals surface area contributed by atoms with Crippen molar-refractivity contribution in [1.82, 2.24) is 15.3 Å². The summed E-state index contributed by atoms with van der Waals surface area (Å²) in [6.07, 6.45) is 0.459. The number of hydrazone groups is 1. The summed E-state index contributed by atoms with van der Waals surface area (Å²) in [5.74, 6) is -0.829. The first-order valence-corrected chi connectivity index (χ1v) is 9.39. The number of carboxylic acids is 1. The third kappa shape index (κ3) is 5.60. The van der Waals surface area contributed by atoms with Gasteiger partial charge in [0.2, 0.25) is 0 Å². The third-order valence-electron chi connectivity index (χ3n) is 5.00. The SMILES string of the molecule is O=C(O)[C@H]1CNC[C@H](CCN/N=C/c2cccn2-c2ccc(C(F)(F)F)cc2)C1. The van der Waals surface area contributed by atoms with Gasteiger partial charge in [-0.25, -0.2) is 0 Å². The van der Waals surface area contributed by atoms with Gasteiger partial charge in [0.05, 0.1) is 23.4 Å². The molecular formula is C20H23F3N4O2. The van der Waals surface area contributed by atoms with Gasteiger partial charge in [0, 0.05) is 25.0 Å². The number of hydrogen-bond acceptors (Lipinski definition) is 4. The molecule has 1 aromatic carbocycles. The molecule has 6 nitrogen and oxygen atoms in total. The molecular weight excluding hydrogens is 385 g/mol. The Morgan fingerprint density at radius 2 is 2.03 bits per heavy atom. The lowest BCUT2D eigenvalue weighted by Gasteiger charge is -2.27. The maximum Gasteiger partial charge on any atom is 0.416 e. The molecule has 3 rings (SSSR count). The average molecular weight is 408 g/mol. The minimum absolute atomic E-state index is 0.281. The number of nitrogens with zero attached hydrogens (tertiary/aromatic N) is 2. The molecule has 1 aromatic heterocycles. The van der Waals surface area contributed by atoms with Gasteiger partial charge in [-0.3, -0.25) is 4.79 Å². The van der Waals surface area contributed by atoms with Gasteiger partial charge in [-0.1, -0.05) is 0 Å². The van der Waals surface area contributed by atoms with E-state index in [0.717, 1.165) is 30.8 Å². The molecule has 0 unspecified atom stereocenters. The standard InChI is InChI=1S/C20H23F3N4O2/c21-20(22,23)16-3-5-17(6-4-16)27-9-1-2-18(27)13-26-25-8-7-14-10-15(19(28)29)12-24-11-14/h1-6,9,13-15,24-25H,7-8,10-12H2,(H,28,29)/b26-13+/t14-,15-/m1/s1. The van der Waals surface area contributed by atoms with E-state index in [0.29, 0.717) is 25.2 Å². The van der Waals surface area contributed by atoms with Crippen LogP contribution < -0.4 is 10.7 Å². The lowest BCUT2D eigenvalue weighted by atomic mass is 9.88. The molecule has 2 atom stereocenters. The van der Waals surface area contributed by atoms with Crippen LogP contribution in [-0.4, -0.2) is 41.5 Å². The fourth-order valence-electron chi connectivity index (χ4n) is 3.43. The van der Waals surface area contributed by atoms with Crippen LogP contribution in [-0.2, 0) is 11.0 Å². The Kier molecular flexibility index (Phi) is 6.58. The molecule has 0 saturated carbocycles. The highest BCUT2D eigenvalue weighted by atomic mass is 19.4. The van der Waals surface area contributed by atoms with Crippen molar-refractivity contribution in [2.45, 2.75) is 19.0 Å². The van der Waals surface area contributed by atoms with Gasteiger partial charge in [-0.15, -0.1) is 0 Å². The van der Waals surface area contributed by atoms with Crippen molar-refractivity contribution in [3.8, 4) is 5.69 Å². The predicted octanol–water partition coefficient (Wildman–Crippen LogP) is 3.12. The second-order valence-electron chi connectivity index (χ2n) is 7.10. The number of benzene rings is 1. The summed E-state index contributed by atoms with van der Waals surface area (Å²) in [5, 5.41) is 16.4. The molecule has 9 heteroatoms. The highest BCUT2D eigenvalue weighted by Gasteiger charge is 2.30. The summed E-state index contributed by atoms with van der Waals surface area (Å²) in [4.78, 5) is 11.1. The first kappa shape index (κ1) is 20.9. The largest absolute Gasteiger partial charge is 0.481 e. The lowest BCUT2D eigenvalue weighted by molar-refractivity contribution is -0.142. The Labute approximate surface area is 166 Å². The number of alkyl halides is 3. The van der Waals surface area contributed by atoms with Crippen LogP contribution in [0.25, 0.3) is 5.69 Å². The summed E-state index contributed by atoms with van der Waals surface area (Å²) in [5.41, 5.74) is 3.60. The highest BCUT2D eigenvalue weighted by Crippen LogP contribution is 2.29. The van der Waals surface area contributed by atoms with Crippen molar-refractivity contribution in [3.63, 3.8) is 0 Å². The maximum atomic E-state index is 12.7. The van der Waals surface area contributed by atoms with E-state index in [4.69, 9.17) is 5.11 Å². The van der Waals surface area contributed by atoms with E-state index < -0.39 is 17.7 Å². The van der Waals surface area contributed by atoms with Gasteiger partial charge >= 0.3 is 12.1 Å². The first-order valence-electron chi connectivity index (χ1n) is 9.39. The zero-order valence-electron chi connectivity index (χ0n) is 15.7. The number of aliphatic carboxylic acids is 1. The zero-order valence-corrected chi connectivity index (χ0v) is 15.7. The van der Waals surface area contributed by atoms with Gasteiger partial charge in [0.25, 0.3) is 0 Å². The molecule has 0 radical (unpaired) electrons. The molecule has 2 aromatic rings. The summed E-state index contributed by atoms with van der Waals surface area (Å²) >= 11 is 0. The molecule has 1 fully saturated rings. The molecule has 1 saturated heterocycles. The number of nitrogens with one attached hydrogen (secondary N) is 2. The summed E-state index contributed by atoms with van der Waals surface area (Å²) in [7, 11) is 0. The van der Waals surface area contributed by atoms with E-state index in [1.54, 1.807) is 23.0 Å². The topological polar surface area (TPSA) is 78.7 Å². The Morgan fingerprint density at radius 1 is 1.28 bits per heavy atom. The Morgan fingerprint density at radius 3 is 2.72 bits per heavy atom. The lowest BCUT2D eigenvalue weighted by Crippen LogP contribution is -2.40. The number of hydrogen-bond donors (Lipinski definition) is 3. The van der Waals surface area contributed by atoms with Crippen LogP contribution in [0.3, 0.4) is 0 Å². The molecule has 0 spiro atoms. The molecule has 0 bridgehead atoms. The molecule has 29 heavy (non-hydrogen) atoms. The van der Waals surface area contributed by atoms with Gasteiger partial charge in [0.15, 0.2) is 0 Å². The molecule has 156 valence electrons. The quantitative estimate of drug-likeness (QED) is 0.374. The number of piperidine rings is 1. The number of carbonyl (C=O) groups is 1. The van der Waals surface area contributed by atoms with E-state index in [2.05, 4.69) is 15.8 Å². The van der Waals surface area contributed by atoms with Crippen LogP contribution in [0.15, 0.2) is 47.7 Å². The van der Waals surface area contributed by atoms with Gasteiger partial charge in [0.1, 0.15) is 0 Å². The Hall–Kier alpha value is -2.81. The maximum absolute atomic E-state index is 12.7. The first-order chi connectivity index (χ1) is 13.8. The van der Waals surface area contributed by atoms with Crippen LogP contribution in [0.4, 0.5) is 13.2 Å². The Bertz CT molecular complexity index is 846. The van der Waals surface area contributed by atoms with Crippen molar-refractivity contribution in [1.29, 1.82) is 0 Å². The van der Waals surface area contributed by atoms with E-state index in [1.165, 1.54) is 12.1 Å². The fourth-order valence-corrected chi connectivity index (χ4v) is 3.43. The van der Waals surface area contributed by atoms with Crippen molar-refractivity contribution in [2.75, 3.05) is 19.6 Å². The van der Waals surface area contributed by atoms with Crippen molar-refractivity contribution < 1.29 is 23.1 Å². The highest BCUT2D eigenvalue weighted by molar-refractivity contribution is 5.78. The van der Waals surface area contributed by atoms with Gasteiger partial charge in [-0.2, -0.15) is 18.3 Å². The zero-order chi connectivity index (χ0) is 20.9. The van der Waals surface area contributed by atoms with Crippen LogP contribution >= 0.6 is 0 Å². The minimum atomic E-state index is -4.36. The predicted molar refractivity (Wildman–Crippen MR) is 103 cm³/mol. The van der Waals surface area contributed by atoms with E-state index in [-0.39, 0.29) is 11.8 Å². The number of carboxylic acid groups (broad SMARTS) is 1. The average Bonchev–Trinajstić information content (AvgIpc) is 3.16. The van der Waals surface area contributed by atoms with Crippen LogP contribution in [0.1, 0.15) is 24.1 Å². The summed E-state index contributed by atoms with van der Waals surface area (Å²) in [6.45, 7) is 1.92. The number of rotatable bonds is 7. The monoisotopic (exact) mass is 408 g/mol. The van der Waals surface area contributed by atoms with Gasteiger partial charge in [-0.05, 0) is 61.7 Å². The minimum Gasteiger partial charge on any atom is -0.481 e. The Balaban J connectivity index is 1.52. The molecule has 0 aliphatic carbocycles. The van der Waals surface area contributed by atoms with Crippen LogP contribution in [0.2, 0.25) is 0 Å². The van der Waals surface area contributed by atoms with E-state index >= 15 is 0 Å². The van der Waals surface area contributed by atoms with E-state index in [9.17, 15) is 18.0 Å². The van der Waals surface area contributed by atoms with Gasteiger partial charge < -0.3 is 20.4 Å². The molecule has 2 heterocycles. The van der Waals surface area contributed by atoms with Crippen molar-refractivity contribution >= 4 is 12.2 Å². The third-order valence-corrected chi connectivity index (χ3v) is 5.00. The fraction of sp³-hybridized carbons (Fsp3) is 0.400. The number of halogens is 3. The second kappa shape index (κ2) is 9.13. The van der Waals surface area contributed by atoms with E-state index in [1.807, 2.05) is 6.07 Å². The smallest absolute Gasteiger partial charge is 0.416 e. The molecule has 1 aliphatic rings. The van der Waals surface area contributed by atoms with Crippen LogP contribution in [0.5, 0.6) is 0 Å².